The van der Waals surface area contributed by atoms with Crippen LogP contribution in [-0.2, 0) is 4.79 Å². The topological polar surface area (TPSA) is 62.8 Å². The van der Waals surface area contributed by atoms with Crippen LogP contribution in [0.15, 0.2) is 36.4 Å². The van der Waals surface area contributed by atoms with Crippen LogP contribution >= 0.6 is 11.6 Å². The molecule has 0 bridgehead atoms. The van der Waals surface area contributed by atoms with Crippen molar-refractivity contribution < 1.29 is 14.3 Å². The van der Waals surface area contributed by atoms with Crippen LogP contribution in [-0.4, -0.2) is 38.8 Å². The minimum absolute atomic E-state index is 0.104. The van der Waals surface area contributed by atoms with Crippen molar-refractivity contribution in [3.63, 3.8) is 0 Å². The first kappa shape index (κ1) is 18.7. The molecule has 0 aliphatic carbocycles. The van der Waals surface area contributed by atoms with Crippen molar-refractivity contribution in [2.24, 2.45) is 0 Å². The molecule has 0 spiro atoms. The highest BCUT2D eigenvalue weighted by atomic mass is 35.5. The molecule has 4 rings (SSSR count). The van der Waals surface area contributed by atoms with Gasteiger partial charge < -0.3 is 25.0 Å². The summed E-state index contributed by atoms with van der Waals surface area (Å²) in [4.78, 5) is 14.7. The van der Waals surface area contributed by atoms with E-state index in [9.17, 15) is 4.79 Å². The van der Waals surface area contributed by atoms with Gasteiger partial charge >= 0.3 is 0 Å². The Morgan fingerprint density at radius 1 is 1.00 bits per heavy atom. The Morgan fingerprint density at radius 3 is 2.39 bits per heavy atom. The van der Waals surface area contributed by atoms with Crippen molar-refractivity contribution in [3.05, 3.63) is 41.4 Å². The Morgan fingerprint density at radius 2 is 1.68 bits per heavy atom. The van der Waals surface area contributed by atoms with Gasteiger partial charge in [-0.05, 0) is 43.5 Å². The number of halogens is 1. The first-order valence-corrected chi connectivity index (χ1v) is 10.0. The highest BCUT2D eigenvalue weighted by Crippen LogP contribution is 2.37. The monoisotopic (exact) mass is 401 g/mol. The molecule has 0 atom stereocenters. The number of carbonyl (C=O) groups excluding carboxylic acids is 1. The number of ether oxygens (including phenoxy) is 2. The SMILES string of the molecule is O=C(CNc1cc2c(cc1Cl)OCCO2)Nc1ccc(N2CCCCC2)cc1. The first-order chi connectivity index (χ1) is 13.7. The standard InChI is InChI=1S/C21H24ClN3O3/c22-17-12-19-20(28-11-10-27-19)13-18(17)23-14-21(26)24-15-4-6-16(7-5-15)25-8-2-1-3-9-25/h4-7,12-13,23H,1-3,8-11,14H2,(H,24,26). The maximum Gasteiger partial charge on any atom is 0.243 e. The van der Waals surface area contributed by atoms with Crippen molar-refractivity contribution in [2.75, 3.05) is 48.4 Å². The number of piperidine rings is 1. The molecular formula is C21H24ClN3O3. The number of carbonyl (C=O) groups is 1. The molecule has 0 aromatic heterocycles. The van der Waals surface area contributed by atoms with E-state index >= 15 is 0 Å². The number of fused-ring (bicyclic) bond motifs is 1. The summed E-state index contributed by atoms with van der Waals surface area (Å²) < 4.78 is 11.1. The van der Waals surface area contributed by atoms with Gasteiger partial charge in [-0.2, -0.15) is 0 Å². The molecule has 2 N–H and O–H groups in total. The second kappa shape index (κ2) is 8.61. The van der Waals surface area contributed by atoms with Crippen LogP contribution in [0.3, 0.4) is 0 Å². The Bertz CT molecular complexity index is 836. The third-order valence-corrected chi connectivity index (χ3v) is 5.26. The van der Waals surface area contributed by atoms with E-state index in [1.807, 2.05) is 12.1 Å². The van der Waals surface area contributed by atoms with Crippen LogP contribution in [0.2, 0.25) is 5.02 Å². The third kappa shape index (κ3) is 4.44. The average Bonchev–Trinajstić information content (AvgIpc) is 2.73. The molecule has 6 nitrogen and oxygen atoms in total. The van der Waals surface area contributed by atoms with Crippen molar-refractivity contribution in [3.8, 4) is 11.5 Å². The number of benzene rings is 2. The fraction of sp³-hybridized carbons (Fsp3) is 0.381. The molecule has 1 amide bonds. The van der Waals surface area contributed by atoms with Gasteiger partial charge in [0.05, 0.1) is 17.3 Å². The van der Waals surface area contributed by atoms with Gasteiger partial charge in [-0.25, -0.2) is 0 Å². The summed E-state index contributed by atoms with van der Waals surface area (Å²) in [7, 11) is 0. The van der Waals surface area contributed by atoms with E-state index in [2.05, 4.69) is 27.7 Å². The Labute approximate surface area is 169 Å². The van der Waals surface area contributed by atoms with Gasteiger partial charge in [0.15, 0.2) is 11.5 Å². The quantitative estimate of drug-likeness (QED) is 0.787. The smallest absolute Gasteiger partial charge is 0.243 e. The molecule has 0 unspecified atom stereocenters. The molecular weight excluding hydrogens is 378 g/mol. The highest BCUT2D eigenvalue weighted by Gasteiger charge is 2.16. The van der Waals surface area contributed by atoms with E-state index in [0.717, 1.165) is 18.8 Å². The zero-order valence-electron chi connectivity index (χ0n) is 15.7. The lowest BCUT2D eigenvalue weighted by atomic mass is 10.1. The van der Waals surface area contributed by atoms with Gasteiger partial charge in [-0.1, -0.05) is 11.6 Å². The van der Waals surface area contributed by atoms with Crippen molar-refractivity contribution in [1.82, 2.24) is 0 Å². The summed E-state index contributed by atoms with van der Waals surface area (Å²) in [5.74, 6) is 1.11. The summed E-state index contributed by atoms with van der Waals surface area (Å²) in [5, 5.41) is 6.45. The molecule has 2 aromatic carbocycles. The summed E-state index contributed by atoms with van der Waals surface area (Å²) in [6.45, 7) is 3.32. The second-order valence-electron chi connectivity index (χ2n) is 6.97. The van der Waals surface area contributed by atoms with Gasteiger partial charge in [0, 0.05) is 36.6 Å². The molecule has 1 fully saturated rings. The maximum atomic E-state index is 12.3. The Balaban J connectivity index is 1.32. The van der Waals surface area contributed by atoms with Gasteiger partial charge in [0.1, 0.15) is 13.2 Å². The molecule has 7 heteroatoms. The van der Waals surface area contributed by atoms with Crippen LogP contribution in [0.25, 0.3) is 0 Å². The number of anilines is 3. The lowest BCUT2D eigenvalue weighted by Gasteiger charge is -2.28. The van der Waals surface area contributed by atoms with Crippen molar-refractivity contribution >= 4 is 34.6 Å². The molecule has 2 aromatic rings. The Hall–Kier alpha value is -2.60. The highest BCUT2D eigenvalue weighted by molar-refractivity contribution is 6.33. The zero-order valence-corrected chi connectivity index (χ0v) is 16.4. The molecule has 2 aliphatic rings. The van der Waals surface area contributed by atoms with Gasteiger partial charge in [-0.15, -0.1) is 0 Å². The normalized spacial score (nSPS) is 15.8. The fourth-order valence-corrected chi connectivity index (χ4v) is 3.71. The van der Waals surface area contributed by atoms with E-state index in [-0.39, 0.29) is 12.5 Å². The lowest BCUT2D eigenvalue weighted by Crippen LogP contribution is -2.29. The number of hydrogen-bond acceptors (Lipinski definition) is 5. The molecule has 2 aliphatic heterocycles. The van der Waals surface area contributed by atoms with Crippen molar-refractivity contribution in [1.29, 1.82) is 0 Å². The van der Waals surface area contributed by atoms with Crippen molar-refractivity contribution in [2.45, 2.75) is 19.3 Å². The zero-order chi connectivity index (χ0) is 19.3. The first-order valence-electron chi connectivity index (χ1n) is 9.67. The number of rotatable bonds is 5. The number of nitrogens with one attached hydrogen (secondary N) is 2. The minimum atomic E-state index is -0.142. The Kier molecular flexibility index (Phi) is 5.76. The predicted octanol–water partition coefficient (Wildman–Crippen LogP) is 4.15. The lowest BCUT2D eigenvalue weighted by molar-refractivity contribution is -0.114. The van der Waals surface area contributed by atoms with E-state index in [1.54, 1.807) is 12.1 Å². The summed E-state index contributed by atoms with van der Waals surface area (Å²) >= 11 is 6.26. The van der Waals surface area contributed by atoms with Crippen LogP contribution in [0, 0.1) is 0 Å². The van der Waals surface area contributed by atoms with E-state index in [0.29, 0.717) is 35.4 Å². The molecule has 148 valence electrons. The van der Waals surface area contributed by atoms with Crippen LogP contribution in [0.1, 0.15) is 19.3 Å². The third-order valence-electron chi connectivity index (χ3n) is 4.94. The molecule has 0 saturated carbocycles. The van der Waals surface area contributed by atoms with E-state index in [4.69, 9.17) is 21.1 Å². The minimum Gasteiger partial charge on any atom is -0.486 e. The number of hydrogen-bond donors (Lipinski definition) is 2. The average molecular weight is 402 g/mol. The van der Waals surface area contributed by atoms with Crippen LogP contribution in [0.4, 0.5) is 17.1 Å². The summed E-state index contributed by atoms with van der Waals surface area (Å²) in [6.07, 6.45) is 3.80. The summed E-state index contributed by atoms with van der Waals surface area (Å²) in [6, 6.07) is 11.5. The number of amides is 1. The van der Waals surface area contributed by atoms with Crippen LogP contribution in [0.5, 0.6) is 11.5 Å². The molecule has 28 heavy (non-hydrogen) atoms. The van der Waals surface area contributed by atoms with Gasteiger partial charge in [0.25, 0.3) is 0 Å². The predicted molar refractivity (Wildman–Crippen MR) is 112 cm³/mol. The van der Waals surface area contributed by atoms with Gasteiger partial charge in [-0.3, -0.25) is 4.79 Å². The van der Waals surface area contributed by atoms with Gasteiger partial charge in [0.2, 0.25) is 5.91 Å². The van der Waals surface area contributed by atoms with E-state index in [1.165, 1.54) is 24.9 Å². The summed E-state index contributed by atoms with van der Waals surface area (Å²) in [5.41, 5.74) is 2.63. The fourth-order valence-electron chi connectivity index (χ4n) is 3.49. The molecule has 1 saturated heterocycles. The largest absolute Gasteiger partial charge is 0.486 e. The molecule has 2 heterocycles. The van der Waals surface area contributed by atoms with E-state index < -0.39 is 0 Å². The molecule has 0 radical (unpaired) electrons. The van der Waals surface area contributed by atoms with Crippen LogP contribution < -0.4 is 25.0 Å². The maximum absolute atomic E-state index is 12.3. The second-order valence-corrected chi connectivity index (χ2v) is 7.38. The number of nitrogens with zero attached hydrogens (tertiary/aromatic N) is 1.